The van der Waals surface area contributed by atoms with Crippen molar-refractivity contribution in [3.8, 4) is 5.75 Å². The molecule has 1 aromatic carbocycles. The maximum absolute atomic E-state index is 12.7. The van der Waals surface area contributed by atoms with Gasteiger partial charge in [0.1, 0.15) is 5.75 Å². The molecule has 0 bridgehead atoms. The molecule has 0 aliphatic carbocycles. The van der Waals surface area contributed by atoms with Crippen molar-refractivity contribution < 1.29 is 9.53 Å². The molecule has 5 heteroatoms. The molecule has 1 aromatic heterocycles. The van der Waals surface area contributed by atoms with Gasteiger partial charge in [-0.3, -0.25) is 4.79 Å². The molecule has 0 unspecified atom stereocenters. The molecule has 1 fully saturated rings. The number of benzene rings is 1. The average molecular weight is 330 g/mol. The van der Waals surface area contributed by atoms with E-state index < -0.39 is 0 Å². The Balaban J connectivity index is 1.63. The van der Waals surface area contributed by atoms with Crippen LogP contribution in [-0.2, 0) is 0 Å². The van der Waals surface area contributed by atoms with Gasteiger partial charge in [-0.05, 0) is 44.2 Å². The van der Waals surface area contributed by atoms with Gasteiger partial charge >= 0.3 is 0 Å². The third-order valence-electron chi connectivity index (χ3n) is 4.28. The number of thiophene rings is 1. The molecule has 23 heavy (non-hydrogen) atoms. The standard InChI is InChI=1S/C18H22N2O2S/c1-13-12-17(14(2)23-13)18(21)20-10-8-19(9-11-20)15-4-6-16(22-3)7-5-15/h4-7,12H,8-11H2,1-3H3. The second-order valence-corrected chi connectivity index (χ2v) is 7.26. The van der Waals surface area contributed by atoms with Gasteiger partial charge in [-0.15, -0.1) is 11.3 Å². The maximum Gasteiger partial charge on any atom is 0.255 e. The quantitative estimate of drug-likeness (QED) is 0.865. The summed E-state index contributed by atoms with van der Waals surface area (Å²) < 4.78 is 5.20. The highest BCUT2D eigenvalue weighted by atomic mass is 32.1. The number of hydrogen-bond acceptors (Lipinski definition) is 4. The van der Waals surface area contributed by atoms with E-state index in [1.807, 2.05) is 30.0 Å². The maximum atomic E-state index is 12.7. The van der Waals surface area contributed by atoms with E-state index in [-0.39, 0.29) is 5.91 Å². The SMILES string of the molecule is COc1ccc(N2CCN(C(=O)c3cc(C)sc3C)CC2)cc1. The second kappa shape index (κ2) is 6.62. The van der Waals surface area contributed by atoms with Crippen LogP contribution in [0, 0.1) is 13.8 Å². The molecule has 1 saturated heterocycles. The zero-order chi connectivity index (χ0) is 16.4. The monoisotopic (exact) mass is 330 g/mol. The highest BCUT2D eigenvalue weighted by Crippen LogP contribution is 2.24. The summed E-state index contributed by atoms with van der Waals surface area (Å²) in [6.07, 6.45) is 0. The zero-order valence-corrected chi connectivity index (χ0v) is 14.7. The molecule has 0 spiro atoms. The smallest absolute Gasteiger partial charge is 0.255 e. The van der Waals surface area contributed by atoms with E-state index in [0.717, 1.165) is 42.4 Å². The van der Waals surface area contributed by atoms with Crippen LogP contribution >= 0.6 is 11.3 Å². The van der Waals surface area contributed by atoms with Gasteiger partial charge in [0.25, 0.3) is 5.91 Å². The molecule has 0 atom stereocenters. The van der Waals surface area contributed by atoms with Gasteiger partial charge in [-0.2, -0.15) is 0 Å². The minimum atomic E-state index is 0.168. The fourth-order valence-corrected chi connectivity index (χ4v) is 3.89. The molecule has 1 aliphatic heterocycles. The predicted molar refractivity (Wildman–Crippen MR) is 94.9 cm³/mol. The van der Waals surface area contributed by atoms with Crippen molar-refractivity contribution in [3.63, 3.8) is 0 Å². The van der Waals surface area contributed by atoms with Crippen LogP contribution in [0.2, 0.25) is 0 Å². The fourth-order valence-electron chi connectivity index (χ4n) is 2.97. The van der Waals surface area contributed by atoms with E-state index in [1.165, 1.54) is 10.6 Å². The zero-order valence-electron chi connectivity index (χ0n) is 13.8. The van der Waals surface area contributed by atoms with Gasteiger partial charge in [0.15, 0.2) is 0 Å². The summed E-state index contributed by atoms with van der Waals surface area (Å²) in [6, 6.07) is 10.1. The summed E-state index contributed by atoms with van der Waals surface area (Å²) in [5.74, 6) is 1.03. The van der Waals surface area contributed by atoms with Gasteiger partial charge in [-0.1, -0.05) is 0 Å². The van der Waals surface area contributed by atoms with Crippen molar-refractivity contribution >= 4 is 22.9 Å². The summed E-state index contributed by atoms with van der Waals surface area (Å²) in [6.45, 7) is 7.33. The van der Waals surface area contributed by atoms with Crippen molar-refractivity contribution in [2.75, 3.05) is 38.2 Å². The Morgan fingerprint density at radius 3 is 2.26 bits per heavy atom. The summed E-state index contributed by atoms with van der Waals surface area (Å²) in [7, 11) is 1.67. The van der Waals surface area contributed by atoms with Gasteiger partial charge in [0.05, 0.1) is 12.7 Å². The number of methoxy groups -OCH3 is 1. The van der Waals surface area contributed by atoms with Crippen molar-refractivity contribution in [1.29, 1.82) is 0 Å². The molecule has 2 heterocycles. The number of rotatable bonds is 3. The summed E-state index contributed by atoms with van der Waals surface area (Å²) in [5, 5.41) is 0. The van der Waals surface area contributed by atoms with Crippen LogP contribution in [0.3, 0.4) is 0 Å². The minimum Gasteiger partial charge on any atom is -0.497 e. The van der Waals surface area contributed by atoms with E-state index in [4.69, 9.17) is 4.74 Å². The Labute approximate surface area is 141 Å². The normalized spacial score (nSPS) is 14.9. The summed E-state index contributed by atoms with van der Waals surface area (Å²) >= 11 is 1.69. The Kier molecular flexibility index (Phi) is 4.57. The van der Waals surface area contributed by atoms with Crippen LogP contribution < -0.4 is 9.64 Å². The lowest BCUT2D eigenvalue weighted by molar-refractivity contribution is 0.0746. The first-order valence-corrected chi connectivity index (χ1v) is 8.65. The number of hydrogen-bond donors (Lipinski definition) is 0. The van der Waals surface area contributed by atoms with Gasteiger partial charge in [0, 0.05) is 41.6 Å². The molecule has 3 rings (SSSR count). The molecule has 1 aliphatic rings. The molecule has 1 amide bonds. The topological polar surface area (TPSA) is 32.8 Å². The average Bonchev–Trinajstić information content (AvgIpc) is 2.93. The van der Waals surface area contributed by atoms with Crippen LogP contribution in [0.4, 0.5) is 5.69 Å². The Morgan fingerprint density at radius 2 is 1.74 bits per heavy atom. The van der Waals surface area contributed by atoms with E-state index >= 15 is 0 Å². The van der Waals surface area contributed by atoms with Crippen LogP contribution in [0.15, 0.2) is 30.3 Å². The number of amides is 1. The van der Waals surface area contributed by atoms with Crippen molar-refractivity contribution in [3.05, 3.63) is 45.6 Å². The highest BCUT2D eigenvalue weighted by molar-refractivity contribution is 7.12. The van der Waals surface area contributed by atoms with Crippen LogP contribution in [0.25, 0.3) is 0 Å². The van der Waals surface area contributed by atoms with E-state index in [9.17, 15) is 4.79 Å². The number of anilines is 1. The highest BCUT2D eigenvalue weighted by Gasteiger charge is 2.24. The number of aryl methyl sites for hydroxylation is 2. The van der Waals surface area contributed by atoms with Gasteiger partial charge < -0.3 is 14.5 Å². The first-order chi connectivity index (χ1) is 11.1. The lowest BCUT2D eigenvalue weighted by Gasteiger charge is -2.36. The van der Waals surface area contributed by atoms with E-state index in [1.54, 1.807) is 18.4 Å². The largest absolute Gasteiger partial charge is 0.497 e. The second-order valence-electron chi connectivity index (χ2n) is 5.80. The van der Waals surface area contributed by atoms with Crippen molar-refractivity contribution in [2.24, 2.45) is 0 Å². The lowest BCUT2D eigenvalue weighted by atomic mass is 10.2. The first kappa shape index (κ1) is 15.9. The number of nitrogens with zero attached hydrogens (tertiary/aromatic N) is 2. The lowest BCUT2D eigenvalue weighted by Crippen LogP contribution is -2.48. The minimum absolute atomic E-state index is 0.168. The molecule has 2 aromatic rings. The number of carbonyl (C=O) groups excluding carboxylic acids is 1. The summed E-state index contributed by atoms with van der Waals surface area (Å²) in [4.78, 5) is 19.3. The van der Waals surface area contributed by atoms with E-state index in [0.29, 0.717) is 0 Å². The van der Waals surface area contributed by atoms with Gasteiger partial charge in [-0.25, -0.2) is 0 Å². The Bertz CT molecular complexity index is 686. The molecule has 0 saturated carbocycles. The predicted octanol–water partition coefficient (Wildman–Crippen LogP) is 3.34. The molecule has 122 valence electrons. The number of carbonyl (C=O) groups is 1. The van der Waals surface area contributed by atoms with Crippen LogP contribution in [0.1, 0.15) is 20.1 Å². The van der Waals surface area contributed by atoms with Crippen LogP contribution in [-0.4, -0.2) is 44.1 Å². The molecule has 0 N–H and O–H groups in total. The Hall–Kier alpha value is -2.01. The first-order valence-electron chi connectivity index (χ1n) is 7.84. The molecular formula is C18H22N2O2S. The third-order valence-corrected chi connectivity index (χ3v) is 5.24. The Morgan fingerprint density at radius 1 is 1.09 bits per heavy atom. The van der Waals surface area contributed by atoms with E-state index in [2.05, 4.69) is 24.0 Å². The number of ether oxygens (including phenoxy) is 1. The summed E-state index contributed by atoms with van der Waals surface area (Å²) in [5.41, 5.74) is 2.05. The number of piperazine rings is 1. The van der Waals surface area contributed by atoms with Gasteiger partial charge in [0.2, 0.25) is 0 Å². The molecule has 4 nitrogen and oxygen atoms in total. The fraction of sp³-hybridized carbons (Fsp3) is 0.389. The molecular weight excluding hydrogens is 308 g/mol. The third kappa shape index (κ3) is 3.34. The van der Waals surface area contributed by atoms with Crippen LogP contribution in [0.5, 0.6) is 5.75 Å². The molecule has 0 radical (unpaired) electrons. The van der Waals surface area contributed by atoms with Crippen molar-refractivity contribution in [2.45, 2.75) is 13.8 Å². The van der Waals surface area contributed by atoms with Crippen molar-refractivity contribution in [1.82, 2.24) is 4.90 Å².